The van der Waals surface area contributed by atoms with E-state index in [1.54, 1.807) is 0 Å². The van der Waals surface area contributed by atoms with Crippen molar-refractivity contribution in [1.82, 2.24) is 0 Å². The topological polar surface area (TPSA) is 0 Å². The van der Waals surface area contributed by atoms with Crippen molar-refractivity contribution >= 4 is 59.4 Å². The molecule has 0 aliphatic rings. The van der Waals surface area contributed by atoms with Gasteiger partial charge in [0.05, 0.1) is 0 Å². The largest absolute Gasteiger partial charge is 0.0843 e. The van der Waals surface area contributed by atoms with Crippen LogP contribution in [0.3, 0.4) is 0 Å². The van der Waals surface area contributed by atoms with Gasteiger partial charge in [-0.3, -0.25) is 0 Å². The van der Waals surface area contributed by atoms with E-state index < -0.39 is 0 Å². The minimum atomic E-state index is 0.724. The third-order valence-corrected chi connectivity index (χ3v) is 4.23. The van der Waals surface area contributed by atoms with Crippen LogP contribution < -0.4 is 0 Å². The summed E-state index contributed by atoms with van der Waals surface area (Å²) in [5.74, 6) is 0. The van der Waals surface area contributed by atoms with Crippen LogP contribution in [0.5, 0.6) is 0 Å². The minimum Gasteiger partial charge on any atom is -0.0843 e. The number of hydrogen-bond acceptors (Lipinski definition) is 0. The van der Waals surface area contributed by atoms with Crippen LogP contribution in [-0.2, 0) is 0 Å². The first kappa shape index (κ1) is 12.6. The van der Waals surface area contributed by atoms with Crippen LogP contribution in [0.4, 0.5) is 0 Å². The molecule has 2 aromatic rings. The SMILES string of the molecule is Clc1ccc(-c2cc(Br)ccc2Br)c(Br)c1. The van der Waals surface area contributed by atoms with Crippen LogP contribution in [0, 0.1) is 0 Å². The van der Waals surface area contributed by atoms with Crippen molar-refractivity contribution in [2.24, 2.45) is 0 Å². The Morgan fingerprint density at radius 2 is 1.50 bits per heavy atom. The third kappa shape index (κ3) is 2.70. The average molecular weight is 425 g/mol. The van der Waals surface area contributed by atoms with Gasteiger partial charge in [-0.05, 0) is 41.5 Å². The van der Waals surface area contributed by atoms with Crippen molar-refractivity contribution in [1.29, 1.82) is 0 Å². The quantitative estimate of drug-likeness (QED) is 0.504. The molecular weight excluding hydrogens is 419 g/mol. The summed E-state index contributed by atoms with van der Waals surface area (Å²) >= 11 is 16.5. The van der Waals surface area contributed by atoms with Gasteiger partial charge in [0.25, 0.3) is 0 Å². The van der Waals surface area contributed by atoms with Crippen LogP contribution >= 0.6 is 59.4 Å². The lowest BCUT2D eigenvalue weighted by atomic mass is 10.1. The van der Waals surface area contributed by atoms with Gasteiger partial charge in [-0.15, -0.1) is 0 Å². The van der Waals surface area contributed by atoms with E-state index >= 15 is 0 Å². The van der Waals surface area contributed by atoms with Crippen LogP contribution in [0.15, 0.2) is 49.8 Å². The molecule has 0 unspecified atom stereocenters. The lowest BCUT2D eigenvalue weighted by molar-refractivity contribution is 1.54. The molecule has 0 atom stereocenters. The van der Waals surface area contributed by atoms with Gasteiger partial charge in [0.1, 0.15) is 0 Å². The second-order valence-corrected chi connectivity index (χ2v) is 6.31. The fourth-order valence-electron chi connectivity index (χ4n) is 1.41. The summed E-state index contributed by atoms with van der Waals surface area (Å²) in [5.41, 5.74) is 2.23. The van der Waals surface area contributed by atoms with Crippen molar-refractivity contribution < 1.29 is 0 Å². The molecule has 0 spiro atoms. The van der Waals surface area contributed by atoms with Gasteiger partial charge in [0.2, 0.25) is 0 Å². The summed E-state index contributed by atoms with van der Waals surface area (Å²) in [5, 5.41) is 0.724. The molecule has 0 fully saturated rings. The maximum absolute atomic E-state index is 5.92. The first-order valence-corrected chi connectivity index (χ1v) is 7.24. The number of halogens is 4. The molecule has 0 aromatic heterocycles. The molecule has 0 saturated carbocycles. The summed E-state index contributed by atoms with van der Waals surface area (Å²) in [6, 6.07) is 11.9. The molecule has 2 aromatic carbocycles. The zero-order valence-electron chi connectivity index (χ0n) is 7.98. The molecule has 0 bridgehead atoms. The normalized spacial score (nSPS) is 10.5. The number of benzene rings is 2. The Kier molecular flexibility index (Phi) is 4.11. The number of hydrogen-bond donors (Lipinski definition) is 0. The monoisotopic (exact) mass is 422 g/mol. The summed E-state index contributed by atoms with van der Waals surface area (Å²) in [6.07, 6.45) is 0. The highest BCUT2D eigenvalue weighted by molar-refractivity contribution is 9.11. The standard InChI is InChI=1S/C12H6Br3Cl/c13-7-1-4-11(14)10(5-7)9-3-2-8(16)6-12(9)15/h1-6H. The van der Waals surface area contributed by atoms with Gasteiger partial charge in [-0.2, -0.15) is 0 Å². The van der Waals surface area contributed by atoms with Gasteiger partial charge in [-0.1, -0.05) is 65.5 Å². The zero-order valence-corrected chi connectivity index (χ0v) is 13.5. The van der Waals surface area contributed by atoms with Crippen molar-refractivity contribution in [2.75, 3.05) is 0 Å². The molecule has 16 heavy (non-hydrogen) atoms. The maximum atomic E-state index is 5.92. The Balaban J connectivity index is 2.62. The molecule has 0 aliphatic heterocycles. The Morgan fingerprint density at radius 3 is 2.19 bits per heavy atom. The molecule has 0 saturated heterocycles. The highest BCUT2D eigenvalue weighted by Gasteiger charge is 2.08. The Morgan fingerprint density at radius 1 is 0.750 bits per heavy atom. The number of rotatable bonds is 1. The van der Waals surface area contributed by atoms with Crippen LogP contribution in [0.25, 0.3) is 11.1 Å². The summed E-state index contributed by atoms with van der Waals surface area (Å²) in [7, 11) is 0. The molecule has 0 radical (unpaired) electrons. The molecule has 0 amide bonds. The predicted molar refractivity (Wildman–Crippen MR) is 80.0 cm³/mol. The first-order valence-electron chi connectivity index (χ1n) is 4.48. The van der Waals surface area contributed by atoms with Gasteiger partial charge in [-0.25, -0.2) is 0 Å². The summed E-state index contributed by atoms with van der Waals surface area (Å²) in [4.78, 5) is 0. The summed E-state index contributed by atoms with van der Waals surface area (Å²) in [6.45, 7) is 0. The molecule has 82 valence electrons. The van der Waals surface area contributed by atoms with E-state index in [4.69, 9.17) is 11.6 Å². The van der Waals surface area contributed by atoms with E-state index in [0.29, 0.717) is 0 Å². The Hall–Kier alpha value is 0.170. The van der Waals surface area contributed by atoms with Gasteiger partial charge in [0.15, 0.2) is 0 Å². The lowest BCUT2D eigenvalue weighted by Gasteiger charge is -2.08. The smallest absolute Gasteiger partial charge is 0.0417 e. The van der Waals surface area contributed by atoms with E-state index in [9.17, 15) is 0 Å². The highest BCUT2D eigenvalue weighted by atomic mass is 79.9. The second-order valence-electron chi connectivity index (χ2n) is 3.25. The predicted octanol–water partition coefficient (Wildman–Crippen LogP) is 6.29. The highest BCUT2D eigenvalue weighted by Crippen LogP contribution is 2.36. The van der Waals surface area contributed by atoms with Crippen LogP contribution in [0.1, 0.15) is 0 Å². The van der Waals surface area contributed by atoms with Crippen molar-refractivity contribution in [3.05, 3.63) is 54.8 Å². The fourth-order valence-corrected chi connectivity index (χ4v) is 3.13. The Bertz CT molecular complexity index is 538. The third-order valence-electron chi connectivity index (χ3n) is 2.15. The van der Waals surface area contributed by atoms with E-state index in [-0.39, 0.29) is 0 Å². The molecule has 0 nitrogen and oxygen atoms in total. The van der Waals surface area contributed by atoms with E-state index in [2.05, 4.69) is 53.9 Å². The maximum Gasteiger partial charge on any atom is 0.0417 e. The molecule has 0 aliphatic carbocycles. The molecular formula is C12H6Br3Cl. The van der Waals surface area contributed by atoms with Crippen molar-refractivity contribution in [3.8, 4) is 11.1 Å². The van der Waals surface area contributed by atoms with Crippen molar-refractivity contribution in [2.45, 2.75) is 0 Å². The van der Waals surface area contributed by atoms with Gasteiger partial charge in [0, 0.05) is 18.4 Å². The van der Waals surface area contributed by atoms with Crippen molar-refractivity contribution in [3.63, 3.8) is 0 Å². The van der Waals surface area contributed by atoms with Crippen LogP contribution in [0.2, 0.25) is 5.02 Å². The van der Waals surface area contributed by atoms with Crippen LogP contribution in [-0.4, -0.2) is 0 Å². The second kappa shape index (κ2) is 5.21. The molecule has 2 rings (SSSR count). The summed E-state index contributed by atoms with van der Waals surface area (Å²) < 4.78 is 3.09. The molecule has 0 N–H and O–H groups in total. The lowest BCUT2D eigenvalue weighted by Crippen LogP contribution is -1.82. The zero-order chi connectivity index (χ0) is 11.7. The van der Waals surface area contributed by atoms with E-state index in [1.165, 1.54) is 0 Å². The fraction of sp³-hybridized carbons (Fsp3) is 0. The van der Waals surface area contributed by atoms with Gasteiger partial charge >= 0.3 is 0 Å². The Labute approximate surface area is 124 Å². The average Bonchev–Trinajstić information content (AvgIpc) is 2.22. The van der Waals surface area contributed by atoms with E-state index in [0.717, 1.165) is 29.6 Å². The molecule has 0 heterocycles. The van der Waals surface area contributed by atoms with Gasteiger partial charge < -0.3 is 0 Å². The van der Waals surface area contributed by atoms with E-state index in [1.807, 2.05) is 30.3 Å². The first-order chi connectivity index (χ1) is 7.58. The molecule has 4 heteroatoms. The minimum absolute atomic E-state index is 0.724.